The molecule has 0 aliphatic rings. The summed E-state index contributed by atoms with van der Waals surface area (Å²) in [5.41, 5.74) is 48.3. The fourth-order valence-corrected chi connectivity index (χ4v) is 17.5. The molecule has 0 unspecified atom stereocenters. The third kappa shape index (κ3) is 31.6. The van der Waals surface area contributed by atoms with E-state index in [4.69, 9.17) is 0 Å². The Morgan fingerprint density at radius 2 is 0.453 bits per heavy atom. The van der Waals surface area contributed by atoms with Crippen LogP contribution in [0.15, 0.2) is 267 Å². The first-order valence-electron chi connectivity index (χ1n) is 49.3. The maximum atomic E-state index is 13.1. The van der Waals surface area contributed by atoms with E-state index in [1.165, 1.54) is 211 Å². The van der Waals surface area contributed by atoms with Gasteiger partial charge in [0.1, 0.15) is 0 Å². The molecule has 0 saturated carbocycles. The van der Waals surface area contributed by atoms with Gasteiger partial charge in [-0.3, -0.25) is 0 Å². The van der Waals surface area contributed by atoms with Crippen molar-refractivity contribution in [2.24, 2.45) is 22.2 Å². The van der Waals surface area contributed by atoms with Crippen molar-refractivity contribution in [1.82, 2.24) is 0 Å². The molecular formula is C131H158F6. The van der Waals surface area contributed by atoms with Gasteiger partial charge in [-0.2, -0.15) is 26.3 Å². The van der Waals surface area contributed by atoms with Crippen LogP contribution in [0, 0.1) is 154 Å². The van der Waals surface area contributed by atoms with Crippen molar-refractivity contribution >= 4 is 0 Å². The van der Waals surface area contributed by atoms with Gasteiger partial charge >= 0.3 is 12.4 Å². The lowest BCUT2D eigenvalue weighted by atomic mass is 9.83. The molecule has 0 N–H and O–H groups in total. The second kappa shape index (κ2) is 48.3. The van der Waals surface area contributed by atoms with Gasteiger partial charge in [-0.05, 0) is 403 Å². The highest BCUT2D eigenvalue weighted by molar-refractivity contribution is 5.73. The van der Waals surface area contributed by atoms with E-state index in [1.807, 2.05) is 37.3 Å². The largest absolute Gasteiger partial charge is 0.394 e. The van der Waals surface area contributed by atoms with E-state index in [0.717, 1.165) is 52.1 Å². The Hall–Kier alpha value is -11.3. The monoisotopic (exact) mass is 1850 g/mol. The van der Waals surface area contributed by atoms with Crippen LogP contribution in [-0.2, 0) is 25.7 Å². The second-order valence-corrected chi connectivity index (χ2v) is 42.8. The zero-order valence-electron chi connectivity index (χ0n) is 89.3. The molecule has 724 valence electrons. The molecule has 137 heavy (non-hydrogen) atoms. The molecule has 0 spiro atoms. The van der Waals surface area contributed by atoms with Crippen molar-refractivity contribution in [1.29, 1.82) is 0 Å². The molecule has 0 nitrogen and oxygen atoms in total. The van der Waals surface area contributed by atoms with Gasteiger partial charge in [-0.1, -0.05) is 376 Å². The Morgan fingerprint density at radius 1 is 0.204 bits per heavy atom. The summed E-state index contributed by atoms with van der Waals surface area (Å²) in [6.07, 6.45) is -6.14. The van der Waals surface area contributed by atoms with E-state index in [1.54, 1.807) is 12.1 Å². The van der Waals surface area contributed by atoms with Crippen LogP contribution >= 0.6 is 0 Å². The molecule has 0 aliphatic carbocycles. The van der Waals surface area contributed by atoms with Crippen LogP contribution < -0.4 is 0 Å². The fraction of sp³-hybridized carbons (Fsp3) is 0.359. The maximum Gasteiger partial charge on any atom is 0.394 e. The maximum absolute atomic E-state index is 13.1. The van der Waals surface area contributed by atoms with E-state index < -0.39 is 23.2 Å². The molecule has 0 amide bonds. The number of alkyl halides is 6. The molecule has 14 aromatic carbocycles. The topological polar surface area (TPSA) is 0 Å². The second-order valence-electron chi connectivity index (χ2n) is 42.8. The van der Waals surface area contributed by atoms with Crippen LogP contribution in [0.25, 0.3) is 77.9 Å². The van der Waals surface area contributed by atoms with E-state index in [0.29, 0.717) is 28.7 Å². The van der Waals surface area contributed by atoms with E-state index in [-0.39, 0.29) is 12.8 Å². The highest BCUT2D eigenvalue weighted by Gasteiger charge is 2.48. The lowest BCUT2D eigenvalue weighted by Crippen LogP contribution is -2.34. The fourth-order valence-electron chi connectivity index (χ4n) is 17.5. The molecule has 0 aliphatic heterocycles. The predicted octanol–water partition coefficient (Wildman–Crippen LogP) is 39.8. The average molecular weight is 1850 g/mol. The molecule has 0 heterocycles. The van der Waals surface area contributed by atoms with E-state index >= 15 is 0 Å². The van der Waals surface area contributed by atoms with Crippen molar-refractivity contribution < 1.29 is 26.3 Å². The number of hydrogen-bond donors (Lipinski definition) is 0. The summed E-state index contributed by atoms with van der Waals surface area (Å²) in [5, 5.41) is 0. The minimum absolute atomic E-state index is 0.0111. The van der Waals surface area contributed by atoms with Gasteiger partial charge in [0, 0.05) is 0 Å². The van der Waals surface area contributed by atoms with Crippen molar-refractivity contribution in [3.05, 3.63) is 412 Å². The molecular weight excluding hydrogens is 1690 g/mol. The van der Waals surface area contributed by atoms with Gasteiger partial charge in [-0.15, -0.1) is 0 Å². The van der Waals surface area contributed by atoms with Crippen molar-refractivity contribution in [3.63, 3.8) is 0 Å². The van der Waals surface area contributed by atoms with Crippen molar-refractivity contribution in [2.45, 2.75) is 291 Å². The number of hydrogen-bond acceptors (Lipinski definition) is 0. The first-order chi connectivity index (χ1) is 63.9. The third-order valence-electron chi connectivity index (χ3n) is 27.5. The SMILES string of the molecule is Cc1c(C(C)C)cc(-c2ccccc2)cc1C(C)C.Cc1cc(-c2ccc(CC(C)(C)C(F)(F)F)cc2)cc(C)c1C.Cc1cc(-c2ccc(CC(C)(C)C)cc2)cc(C)c1C.Cc1cc(-c2ccc(CC(C)C)cc2)cc(C)c1C.Cc1cc(-c2ccccc2)cc(C)c1C.Cc1cc(CC(C)(C)C(F)(F)F)ccc1-c1ccc(C)c(C(C)C)c1.Cc1ccc(-c2cc(C)c(C)c(C)c2)cc1. The van der Waals surface area contributed by atoms with Crippen LogP contribution in [0.2, 0.25) is 0 Å². The van der Waals surface area contributed by atoms with Crippen LogP contribution in [0.5, 0.6) is 0 Å². The molecule has 6 heteroatoms. The summed E-state index contributed by atoms with van der Waals surface area (Å²) in [6, 6.07) is 94.7. The van der Waals surface area contributed by atoms with Crippen LogP contribution in [0.1, 0.15) is 266 Å². The van der Waals surface area contributed by atoms with E-state index in [2.05, 4.69) is 425 Å². The summed E-state index contributed by atoms with van der Waals surface area (Å²) in [7, 11) is 0. The first kappa shape index (κ1) is 111. The lowest BCUT2D eigenvalue weighted by Gasteiger charge is -2.28. The quantitative estimate of drug-likeness (QED) is 0.0797. The van der Waals surface area contributed by atoms with Gasteiger partial charge in [0.2, 0.25) is 0 Å². The standard InChI is InChI=1S/C22H27F3.C20H23F3.C20H26.2C19H24.C16H18.C15H16/c1-14(2)20-12-18(9-7-15(20)3)19-10-8-17(11-16(19)4)13-21(5,6)22(23,24)25;1-13-10-18(11-14(2)15(13)3)17-8-6-16(7-9-17)12-19(4,5)20(21,22)23;1-14-11-19(12-15(2)16(14)3)18-9-7-17(8-10-18)13-20(4,5)6;1-13(2)10-17-6-8-18(9-7-17)19-11-14(3)16(5)15(4)12-19;1-13(2)18-11-17(16-9-7-6-8-10-16)12-19(14(3)4)15(18)5;1-11-5-7-15(8-6-11)16-9-12(2)14(4)13(3)10-16;1-11-9-15(10-12(2)13(11)3)14-7-5-4-6-8-14/h7-12,14H,13H2,1-6H3;6-11H,12H2,1-5H3;7-12H,13H2,1-6H3;6-9,11-13H,10H2,1-5H3;6-14H,1-5H3;5-10H,1-4H3;4-10H,1-3H3. The Kier molecular flexibility index (Phi) is 39.1. The molecule has 0 radical (unpaired) electrons. The highest BCUT2D eigenvalue weighted by Crippen LogP contribution is 2.44. The Bertz CT molecular complexity index is 6140. The summed E-state index contributed by atoms with van der Waals surface area (Å²) in [6.45, 7) is 70.8. The highest BCUT2D eigenvalue weighted by atomic mass is 19.4. The summed E-state index contributed by atoms with van der Waals surface area (Å²) in [5.74, 6) is 2.30. The van der Waals surface area contributed by atoms with Crippen LogP contribution in [0.4, 0.5) is 26.3 Å². The molecule has 0 saturated heterocycles. The number of rotatable bonds is 17. The van der Waals surface area contributed by atoms with Crippen molar-refractivity contribution in [3.8, 4) is 77.9 Å². The Balaban J connectivity index is 0.000000197. The summed E-state index contributed by atoms with van der Waals surface area (Å²) in [4.78, 5) is 0. The van der Waals surface area contributed by atoms with Crippen molar-refractivity contribution in [2.75, 3.05) is 0 Å². The lowest BCUT2D eigenvalue weighted by molar-refractivity contribution is -0.211. The molecule has 0 fully saturated rings. The third-order valence-corrected chi connectivity index (χ3v) is 27.5. The molecule has 0 atom stereocenters. The first-order valence-corrected chi connectivity index (χ1v) is 49.3. The van der Waals surface area contributed by atoms with Gasteiger partial charge in [0.05, 0.1) is 10.8 Å². The summed E-state index contributed by atoms with van der Waals surface area (Å²) < 4.78 is 78.3. The Labute approximate surface area is 823 Å². The molecule has 14 rings (SSSR count). The van der Waals surface area contributed by atoms with Gasteiger partial charge in [-0.25, -0.2) is 0 Å². The molecule has 14 aromatic rings. The van der Waals surface area contributed by atoms with Gasteiger partial charge in [0.15, 0.2) is 0 Å². The minimum atomic E-state index is -4.21. The van der Waals surface area contributed by atoms with Crippen LogP contribution in [0.3, 0.4) is 0 Å². The zero-order valence-corrected chi connectivity index (χ0v) is 89.3. The smallest absolute Gasteiger partial charge is 0.171 e. The van der Waals surface area contributed by atoms with E-state index in [9.17, 15) is 26.3 Å². The normalized spacial score (nSPS) is 11.6. The molecule has 0 aromatic heterocycles. The number of halogens is 6. The summed E-state index contributed by atoms with van der Waals surface area (Å²) >= 11 is 0. The minimum Gasteiger partial charge on any atom is -0.171 e. The number of benzene rings is 14. The zero-order chi connectivity index (χ0) is 102. The molecule has 0 bridgehead atoms. The average Bonchev–Trinajstić information content (AvgIpc) is 0.799. The van der Waals surface area contributed by atoms with Gasteiger partial charge < -0.3 is 0 Å². The predicted molar refractivity (Wildman–Crippen MR) is 584 cm³/mol. The van der Waals surface area contributed by atoms with Gasteiger partial charge in [0.25, 0.3) is 0 Å². The van der Waals surface area contributed by atoms with Crippen LogP contribution in [-0.4, -0.2) is 12.4 Å². The number of aryl methyl sites for hydroxylation is 13. The Morgan fingerprint density at radius 3 is 0.730 bits per heavy atom.